The van der Waals surface area contributed by atoms with Gasteiger partial charge in [0.25, 0.3) is 0 Å². The highest BCUT2D eigenvalue weighted by Crippen LogP contribution is 2.53. The number of carbonyl (C=O) groups excluding carboxylic acids is 1. The van der Waals surface area contributed by atoms with E-state index in [0.717, 1.165) is 6.42 Å². The van der Waals surface area contributed by atoms with Crippen LogP contribution in [0, 0.1) is 5.92 Å². The third-order valence-electron chi connectivity index (χ3n) is 2.85. The normalized spacial score (nSPS) is 19.3. The van der Waals surface area contributed by atoms with Crippen molar-refractivity contribution in [3.05, 3.63) is 23.2 Å². The fraction of sp³-hybridized carbons (Fsp3) is 0.462. The summed E-state index contributed by atoms with van der Waals surface area (Å²) in [5.74, 6) is 0.649. The lowest BCUT2D eigenvalue weighted by molar-refractivity contribution is 0.168. The molecule has 1 aromatic rings. The molecule has 7 heteroatoms. The molecule has 1 N–H and O–H groups in total. The molecular formula is C13H14Cl3NO3. The van der Waals surface area contributed by atoms with Crippen molar-refractivity contribution in [1.29, 1.82) is 0 Å². The van der Waals surface area contributed by atoms with Crippen LogP contribution in [-0.4, -0.2) is 23.6 Å². The number of alkyl halides is 2. The molecule has 0 saturated heterocycles. The molecule has 0 spiro atoms. The van der Waals surface area contributed by atoms with Gasteiger partial charge in [0, 0.05) is 11.6 Å². The molecule has 1 amide bonds. The molecule has 2 rings (SSSR count). The van der Waals surface area contributed by atoms with Crippen LogP contribution in [0.5, 0.6) is 5.75 Å². The van der Waals surface area contributed by atoms with Gasteiger partial charge in [0.2, 0.25) is 0 Å². The molecule has 4 nitrogen and oxygen atoms in total. The van der Waals surface area contributed by atoms with Crippen molar-refractivity contribution in [2.24, 2.45) is 5.92 Å². The maximum Gasteiger partial charge on any atom is 0.411 e. The van der Waals surface area contributed by atoms with Crippen molar-refractivity contribution < 1.29 is 14.3 Å². The predicted octanol–water partition coefficient (Wildman–Crippen LogP) is 4.48. The van der Waals surface area contributed by atoms with E-state index in [1.807, 2.05) is 0 Å². The average molecular weight is 339 g/mol. The lowest BCUT2D eigenvalue weighted by Gasteiger charge is -2.10. The van der Waals surface area contributed by atoms with Gasteiger partial charge in [0.15, 0.2) is 0 Å². The van der Waals surface area contributed by atoms with Crippen molar-refractivity contribution in [1.82, 2.24) is 0 Å². The van der Waals surface area contributed by atoms with Crippen LogP contribution in [0.4, 0.5) is 10.5 Å². The second kappa shape index (κ2) is 6.29. The summed E-state index contributed by atoms with van der Waals surface area (Å²) in [7, 11) is 0. The number of nitrogens with one attached hydrogen (secondary N) is 1. The van der Waals surface area contributed by atoms with E-state index < -0.39 is 10.4 Å². The molecule has 0 aromatic heterocycles. The highest BCUT2D eigenvalue weighted by atomic mass is 35.5. The van der Waals surface area contributed by atoms with Crippen LogP contribution in [0.3, 0.4) is 0 Å². The molecule has 1 aliphatic rings. The number of hydrogen-bond acceptors (Lipinski definition) is 3. The minimum Gasteiger partial charge on any atom is -0.492 e. The second-order valence-electron chi connectivity index (χ2n) is 4.46. The molecule has 1 aromatic carbocycles. The van der Waals surface area contributed by atoms with Crippen LogP contribution in [0.15, 0.2) is 18.2 Å². The Morgan fingerprint density at radius 2 is 2.20 bits per heavy atom. The van der Waals surface area contributed by atoms with Gasteiger partial charge in [-0.3, -0.25) is 5.32 Å². The minimum absolute atomic E-state index is 0.124. The standard InChI is InChI=1S/C13H14Cl3NO3/c1-2-19-12(18)17-9-3-4-11(10(14)5-9)20-7-8-6-13(8,15)16/h3-5,8H,2,6-7H2,1H3,(H,17,18). The zero-order valence-electron chi connectivity index (χ0n) is 10.8. The first kappa shape index (κ1) is 15.5. The summed E-state index contributed by atoms with van der Waals surface area (Å²) >= 11 is 17.9. The lowest BCUT2D eigenvalue weighted by Crippen LogP contribution is -2.13. The van der Waals surface area contributed by atoms with Gasteiger partial charge in [-0.25, -0.2) is 4.79 Å². The largest absolute Gasteiger partial charge is 0.492 e. The Hall–Kier alpha value is -0.840. The third kappa shape index (κ3) is 4.08. The van der Waals surface area contributed by atoms with Crippen molar-refractivity contribution >= 4 is 46.6 Å². The SMILES string of the molecule is CCOC(=O)Nc1ccc(OCC2CC2(Cl)Cl)c(Cl)c1. The van der Waals surface area contributed by atoms with E-state index in [-0.39, 0.29) is 5.92 Å². The van der Waals surface area contributed by atoms with Crippen LogP contribution in [-0.2, 0) is 4.74 Å². The number of hydrogen-bond donors (Lipinski definition) is 1. The van der Waals surface area contributed by atoms with E-state index in [4.69, 9.17) is 44.3 Å². The molecule has 0 aliphatic heterocycles. The van der Waals surface area contributed by atoms with Crippen LogP contribution >= 0.6 is 34.8 Å². The third-order valence-corrected chi connectivity index (χ3v) is 4.07. The Bertz CT molecular complexity index is 508. The zero-order valence-corrected chi connectivity index (χ0v) is 13.1. The molecule has 20 heavy (non-hydrogen) atoms. The number of benzene rings is 1. The summed E-state index contributed by atoms with van der Waals surface area (Å²) in [6, 6.07) is 4.95. The average Bonchev–Trinajstić information content (AvgIpc) is 2.96. The Morgan fingerprint density at radius 3 is 2.75 bits per heavy atom. The molecular weight excluding hydrogens is 325 g/mol. The van der Waals surface area contributed by atoms with Crippen LogP contribution < -0.4 is 10.1 Å². The molecule has 1 fully saturated rings. The first-order chi connectivity index (χ1) is 9.42. The highest BCUT2D eigenvalue weighted by molar-refractivity contribution is 6.50. The van der Waals surface area contributed by atoms with Gasteiger partial charge in [-0.05, 0) is 31.5 Å². The molecule has 0 radical (unpaired) electrons. The number of amides is 1. The summed E-state index contributed by atoms with van der Waals surface area (Å²) in [4.78, 5) is 11.3. The topological polar surface area (TPSA) is 47.6 Å². The van der Waals surface area contributed by atoms with Gasteiger partial charge >= 0.3 is 6.09 Å². The quantitative estimate of drug-likeness (QED) is 0.805. The number of anilines is 1. The number of carbonyl (C=O) groups is 1. The van der Waals surface area contributed by atoms with Gasteiger partial charge in [0.1, 0.15) is 10.1 Å². The summed E-state index contributed by atoms with van der Waals surface area (Å²) in [5.41, 5.74) is 0.538. The molecule has 1 unspecified atom stereocenters. The van der Waals surface area contributed by atoms with Gasteiger partial charge in [-0.2, -0.15) is 0 Å². The van der Waals surface area contributed by atoms with Crippen molar-refractivity contribution in [2.45, 2.75) is 17.7 Å². The second-order valence-corrected chi connectivity index (χ2v) is 6.41. The fourth-order valence-corrected chi connectivity index (χ4v) is 2.36. The maximum atomic E-state index is 11.3. The lowest BCUT2D eigenvalue weighted by atomic mass is 10.3. The Kier molecular flexibility index (Phi) is 4.89. The van der Waals surface area contributed by atoms with Crippen LogP contribution in [0.1, 0.15) is 13.3 Å². The van der Waals surface area contributed by atoms with Gasteiger partial charge in [0.05, 0.1) is 18.2 Å². The summed E-state index contributed by atoms with van der Waals surface area (Å²) in [5, 5.41) is 2.96. The summed E-state index contributed by atoms with van der Waals surface area (Å²) in [6.07, 6.45) is 0.195. The molecule has 110 valence electrons. The Labute approximate surface area is 132 Å². The summed E-state index contributed by atoms with van der Waals surface area (Å²) in [6.45, 7) is 2.45. The molecule has 0 heterocycles. The van der Waals surface area contributed by atoms with E-state index in [9.17, 15) is 4.79 Å². The van der Waals surface area contributed by atoms with E-state index >= 15 is 0 Å². The van der Waals surface area contributed by atoms with E-state index in [2.05, 4.69) is 5.32 Å². The first-order valence-electron chi connectivity index (χ1n) is 6.16. The van der Waals surface area contributed by atoms with E-state index in [1.54, 1.807) is 25.1 Å². The monoisotopic (exact) mass is 337 g/mol. The van der Waals surface area contributed by atoms with Gasteiger partial charge in [-0.15, -0.1) is 23.2 Å². The first-order valence-corrected chi connectivity index (χ1v) is 7.29. The maximum absolute atomic E-state index is 11.3. The van der Waals surface area contributed by atoms with E-state index in [1.165, 1.54) is 0 Å². The Morgan fingerprint density at radius 1 is 1.50 bits per heavy atom. The molecule has 1 aliphatic carbocycles. The zero-order chi connectivity index (χ0) is 14.8. The van der Waals surface area contributed by atoms with Crippen molar-refractivity contribution in [2.75, 3.05) is 18.5 Å². The summed E-state index contributed by atoms with van der Waals surface area (Å²) < 4.78 is 9.66. The van der Waals surface area contributed by atoms with E-state index in [0.29, 0.717) is 29.7 Å². The molecule has 1 atom stereocenters. The van der Waals surface area contributed by atoms with Crippen molar-refractivity contribution in [3.8, 4) is 5.75 Å². The number of ether oxygens (including phenoxy) is 2. The van der Waals surface area contributed by atoms with Gasteiger partial charge < -0.3 is 9.47 Å². The van der Waals surface area contributed by atoms with Crippen LogP contribution in [0.25, 0.3) is 0 Å². The number of halogens is 3. The molecule has 1 saturated carbocycles. The Balaban J connectivity index is 1.90. The smallest absolute Gasteiger partial charge is 0.411 e. The van der Waals surface area contributed by atoms with Gasteiger partial charge in [-0.1, -0.05) is 11.6 Å². The fourth-order valence-electron chi connectivity index (χ4n) is 1.62. The predicted molar refractivity (Wildman–Crippen MR) is 80.1 cm³/mol. The molecule has 0 bridgehead atoms. The minimum atomic E-state index is -0.669. The number of rotatable bonds is 5. The van der Waals surface area contributed by atoms with Crippen LogP contribution in [0.2, 0.25) is 5.02 Å². The highest BCUT2D eigenvalue weighted by Gasteiger charge is 2.52. The van der Waals surface area contributed by atoms with Crippen molar-refractivity contribution in [3.63, 3.8) is 0 Å².